The smallest absolute Gasteiger partial charge is 0.243 e. The average molecular weight is 485 g/mol. The van der Waals surface area contributed by atoms with Crippen molar-refractivity contribution in [3.63, 3.8) is 0 Å². The predicted octanol–water partition coefficient (Wildman–Crippen LogP) is 5.52. The predicted molar refractivity (Wildman–Crippen MR) is 142 cm³/mol. The van der Waals surface area contributed by atoms with E-state index in [-0.39, 0.29) is 24.1 Å². The van der Waals surface area contributed by atoms with E-state index in [0.717, 1.165) is 44.9 Å². The Bertz CT molecular complexity index is 1250. The largest absolute Gasteiger partial charge is 0.346 e. The summed E-state index contributed by atoms with van der Waals surface area (Å²) < 4.78 is 0. The van der Waals surface area contributed by atoms with Crippen molar-refractivity contribution < 1.29 is 9.59 Å². The number of thioether (sulfide) groups is 1. The lowest BCUT2D eigenvalue weighted by atomic mass is 10.1. The van der Waals surface area contributed by atoms with Crippen LogP contribution in [0.1, 0.15) is 16.7 Å². The van der Waals surface area contributed by atoms with E-state index in [2.05, 4.69) is 15.6 Å². The molecule has 4 aromatic rings. The van der Waals surface area contributed by atoms with E-state index in [1.54, 1.807) is 0 Å². The number of H-pyrrole nitrogens is 1. The summed E-state index contributed by atoms with van der Waals surface area (Å²) in [6.45, 7) is 5.85. The Morgan fingerprint density at radius 2 is 1.46 bits per heavy atom. The average Bonchev–Trinajstić information content (AvgIpc) is 3.29. The maximum atomic E-state index is 12.4. The number of aromatic nitrogens is 2. The first kappa shape index (κ1) is 24.3. The third-order valence-corrected chi connectivity index (χ3v) is 6.39. The van der Waals surface area contributed by atoms with Gasteiger partial charge in [0.1, 0.15) is 0 Å². The molecule has 0 saturated carbocycles. The number of aromatic amines is 1. The molecule has 0 atom stereocenters. The van der Waals surface area contributed by atoms with Crippen LogP contribution in [0.3, 0.4) is 0 Å². The molecule has 0 bridgehead atoms. The second-order valence-corrected chi connectivity index (χ2v) is 9.35. The number of carbonyl (C=O) groups excluding carboxylic acids is 2. The van der Waals surface area contributed by atoms with Gasteiger partial charge >= 0.3 is 0 Å². The van der Waals surface area contributed by atoms with E-state index in [9.17, 15) is 9.59 Å². The molecule has 0 fully saturated rings. The fourth-order valence-electron chi connectivity index (χ4n) is 3.96. The third kappa shape index (κ3) is 6.19. The molecule has 6 nitrogen and oxygen atoms in total. The number of rotatable bonds is 8. The minimum atomic E-state index is -0.255. The van der Waals surface area contributed by atoms with Crippen LogP contribution in [-0.4, -0.2) is 34.1 Å². The van der Waals surface area contributed by atoms with Gasteiger partial charge in [-0.15, -0.1) is 0 Å². The molecule has 3 N–H and O–H groups in total. The summed E-state index contributed by atoms with van der Waals surface area (Å²) in [6, 6.07) is 24.0. The molecule has 2 amide bonds. The van der Waals surface area contributed by atoms with Crippen LogP contribution in [0.25, 0.3) is 22.5 Å². The van der Waals surface area contributed by atoms with E-state index in [4.69, 9.17) is 4.98 Å². The van der Waals surface area contributed by atoms with Crippen molar-refractivity contribution in [2.75, 3.05) is 17.6 Å². The molecule has 0 unspecified atom stereocenters. The van der Waals surface area contributed by atoms with Crippen LogP contribution >= 0.6 is 11.8 Å². The van der Waals surface area contributed by atoms with Gasteiger partial charge < -0.3 is 15.6 Å². The molecule has 4 rings (SSSR count). The summed E-state index contributed by atoms with van der Waals surface area (Å²) in [7, 11) is 0. The van der Waals surface area contributed by atoms with Crippen LogP contribution in [0.15, 0.2) is 78.0 Å². The van der Waals surface area contributed by atoms with E-state index in [1.807, 2.05) is 93.6 Å². The number of benzene rings is 3. The highest BCUT2D eigenvalue weighted by molar-refractivity contribution is 7.99. The van der Waals surface area contributed by atoms with E-state index in [0.29, 0.717) is 5.16 Å². The number of anilines is 1. The highest BCUT2D eigenvalue weighted by atomic mass is 32.2. The number of carbonyl (C=O) groups is 2. The zero-order valence-corrected chi connectivity index (χ0v) is 20.8. The molecule has 1 aromatic heterocycles. The van der Waals surface area contributed by atoms with E-state index >= 15 is 0 Å². The van der Waals surface area contributed by atoms with Crippen LogP contribution in [0, 0.1) is 20.8 Å². The third-order valence-electron chi connectivity index (χ3n) is 5.52. The van der Waals surface area contributed by atoms with Gasteiger partial charge in [-0.25, -0.2) is 4.98 Å². The van der Waals surface area contributed by atoms with Gasteiger partial charge in [-0.2, -0.15) is 0 Å². The van der Waals surface area contributed by atoms with E-state index < -0.39 is 0 Å². The zero-order chi connectivity index (χ0) is 24.8. The number of aryl methyl sites for hydroxylation is 3. The maximum Gasteiger partial charge on any atom is 0.243 e. The fourth-order valence-corrected chi connectivity index (χ4v) is 4.66. The van der Waals surface area contributed by atoms with Gasteiger partial charge in [0.05, 0.1) is 23.7 Å². The van der Waals surface area contributed by atoms with Gasteiger partial charge in [0.2, 0.25) is 11.8 Å². The summed E-state index contributed by atoms with van der Waals surface area (Å²) >= 11 is 1.30. The highest BCUT2D eigenvalue weighted by Gasteiger charge is 2.16. The maximum absolute atomic E-state index is 12.4. The number of hydrogen-bond acceptors (Lipinski definition) is 4. The molecular weight excluding hydrogens is 456 g/mol. The Morgan fingerprint density at radius 3 is 2.09 bits per heavy atom. The molecule has 7 heteroatoms. The van der Waals surface area contributed by atoms with Crippen LogP contribution in [0.4, 0.5) is 5.69 Å². The van der Waals surface area contributed by atoms with Gasteiger partial charge in [0.15, 0.2) is 5.16 Å². The van der Waals surface area contributed by atoms with Crippen LogP contribution in [0.5, 0.6) is 0 Å². The van der Waals surface area contributed by atoms with Crippen LogP contribution in [-0.2, 0) is 9.59 Å². The minimum absolute atomic E-state index is 0.0885. The second kappa shape index (κ2) is 11.1. The minimum Gasteiger partial charge on any atom is -0.346 e. The van der Waals surface area contributed by atoms with Gasteiger partial charge in [0, 0.05) is 16.8 Å². The Labute approximate surface area is 209 Å². The monoisotopic (exact) mass is 484 g/mol. The Morgan fingerprint density at radius 1 is 0.857 bits per heavy atom. The Hall–Kier alpha value is -3.84. The molecule has 0 aliphatic rings. The summed E-state index contributed by atoms with van der Waals surface area (Å²) in [5.41, 5.74) is 7.70. The van der Waals surface area contributed by atoms with Crippen molar-refractivity contribution in [2.45, 2.75) is 25.9 Å². The van der Waals surface area contributed by atoms with Gasteiger partial charge in [0.25, 0.3) is 0 Å². The quantitative estimate of drug-likeness (QED) is 0.288. The molecule has 35 heavy (non-hydrogen) atoms. The number of amides is 2. The molecule has 0 spiro atoms. The standard InChI is InChI=1S/C28H28N4O2S/c1-18-14-19(2)25(20(3)15-18)30-23(33)16-29-24(34)17-35-28-31-26(21-10-6-4-7-11-21)27(32-28)22-12-8-5-9-13-22/h4-15H,16-17H2,1-3H3,(H,29,34)(H,30,33)(H,31,32). The molecule has 3 aromatic carbocycles. The molecule has 0 radical (unpaired) electrons. The van der Waals surface area contributed by atoms with Crippen molar-refractivity contribution in [2.24, 2.45) is 0 Å². The molecule has 0 aliphatic carbocycles. The number of nitrogens with zero attached hydrogens (tertiary/aromatic N) is 1. The van der Waals surface area contributed by atoms with Gasteiger partial charge in [-0.3, -0.25) is 9.59 Å². The molecule has 0 saturated heterocycles. The number of imidazole rings is 1. The SMILES string of the molecule is Cc1cc(C)c(NC(=O)CNC(=O)CSc2nc(-c3ccccc3)c(-c3ccccc3)[nH]2)c(C)c1. The van der Waals surface area contributed by atoms with Gasteiger partial charge in [-0.1, -0.05) is 90.1 Å². The first-order chi connectivity index (χ1) is 16.9. The second-order valence-electron chi connectivity index (χ2n) is 8.38. The van der Waals surface area contributed by atoms with Crippen molar-refractivity contribution in [1.29, 1.82) is 0 Å². The topological polar surface area (TPSA) is 86.9 Å². The van der Waals surface area contributed by atoms with Crippen molar-refractivity contribution >= 4 is 29.3 Å². The van der Waals surface area contributed by atoms with E-state index in [1.165, 1.54) is 11.8 Å². The van der Waals surface area contributed by atoms with Crippen molar-refractivity contribution in [3.05, 3.63) is 89.5 Å². The molecular formula is C28H28N4O2S. The number of nitrogens with one attached hydrogen (secondary N) is 3. The Kier molecular flexibility index (Phi) is 7.67. The molecule has 0 aliphatic heterocycles. The first-order valence-corrected chi connectivity index (χ1v) is 12.4. The van der Waals surface area contributed by atoms with Gasteiger partial charge in [-0.05, 0) is 31.9 Å². The zero-order valence-electron chi connectivity index (χ0n) is 20.0. The Balaban J connectivity index is 1.38. The normalized spacial score (nSPS) is 10.7. The summed E-state index contributed by atoms with van der Waals surface area (Å²) in [6.07, 6.45) is 0. The first-order valence-electron chi connectivity index (χ1n) is 11.4. The summed E-state index contributed by atoms with van der Waals surface area (Å²) in [5, 5.41) is 6.24. The van der Waals surface area contributed by atoms with Crippen LogP contribution in [0.2, 0.25) is 0 Å². The fraction of sp³-hybridized carbons (Fsp3) is 0.179. The lowest BCUT2D eigenvalue weighted by Gasteiger charge is -2.13. The van der Waals surface area contributed by atoms with Crippen molar-refractivity contribution in [3.8, 4) is 22.5 Å². The lowest BCUT2D eigenvalue weighted by molar-refractivity contribution is -0.122. The van der Waals surface area contributed by atoms with Crippen LogP contribution < -0.4 is 10.6 Å². The highest BCUT2D eigenvalue weighted by Crippen LogP contribution is 2.32. The van der Waals surface area contributed by atoms with Crippen molar-refractivity contribution in [1.82, 2.24) is 15.3 Å². The summed E-state index contributed by atoms with van der Waals surface area (Å²) in [4.78, 5) is 32.9. The molecule has 1 heterocycles. The summed E-state index contributed by atoms with van der Waals surface area (Å²) in [5.74, 6) is -0.346. The molecule has 178 valence electrons. The number of hydrogen-bond donors (Lipinski definition) is 3. The lowest BCUT2D eigenvalue weighted by Crippen LogP contribution is -2.34.